The summed E-state index contributed by atoms with van der Waals surface area (Å²) in [5, 5.41) is 1.53. The molecule has 5 heteroatoms. The molecule has 122 valence electrons. The third-order valence-electron chi connectivity index (χ3n) is 5.25. The molecular formula is C18H21NO4. The van der Waals surface area contributed by atoms with Gasteiger partial charge in [0, 0.05) is 5.92 Å². The van der Waals surface area contributed by atoms with Crippen LogP contribution in [0.2, 0.25) is 0 Å². The van der Waals surface area contributed by atoms with Crippen molar-refractivity contribution in [2.45, 2.75) is 50.7 Å². The van der Waals surface area contributed by atoms with Gasteiger partial charge in [-0.15, -0.1) is 0 Å². The number of nitrogens with zero attached hydrogens (tertiary/aromatic N) is 1. The lowest BCUT2D eigenvalue weighted by Crippen LogP contribution is -2.63. The predicted molar refractivity (Wildman–Crippen MR) is 83.9 cm³/mol. The van der Waals surface area contributed by atoms with Gasteiger partial charge in [-0.3, -0.25) is 9.63 Å². The molecule has 2 fully saturated rings. The van der Waals surface area contributed by atoms with Crippen molar-refractivity contribution < 1.29 is 19.2 Å². The molecule has 1 saturated carbocycles. The first-order valence-corrected chi connectivity index (χ1v) is 8.02. The van der Waals surface area contributed by atoms with Crippen molar-refractivity contribution in [1.82, 2.24) is 0 Å². The lowest BCUT2D eigenvalue weighted by molar-refractivity contribution is -0.165. The number of carbonyl (C=O) groups excluding carboxylic acids is 2. The first kappa shape index (κ1) is 14.7. The molecule has 5 nitrogen and oxygen atoms in total. The Morgan fingerprint density at radius 3 is 2.74 bits per heavy atom. The Bertz CT molecular complexity index is 722. The van der Waals surface area contributed by atoms with Crippen molar-refractivity contribution in [1.29, 1.82) is 0 Å². The van der Waals surface area contributed by atoms with E-state index in [1.165, 1.54) is 5.06 Å². The lowest BCUT2D eigenvalue weighted by atomic mass is 9.74. The zero-order chi connectivity index (χ0) is 16.6. The zero-order valence-corrected chi connectivity index (χ0v) is 13.9. The minimum atomic E-state index is -1.34. The fourth-order valence-corrected chi connectivity index (χ4v) is 4.35. The van der Waals surface area contributed by atoms with Crippen molar-refractivity contribution >= 4 is 17.4 Å². The molecule has 0 radical (unpaired) electrons. The highest BCUT2D eigenvalue weighted by molar-refractivity contribution is 6.20. The first-order valence-electron chi connectivity index (χ1n) is 8.02. The molecule has 3 atom stereocenters. The van der Waals surface area contributed by atoms with Crippen LogP contribution in [0.3, 0.4) is 0 Å². The molecule has 1 aromatic carbocycles. The van der Waals surface area contributed by atoms with Crippen molar-refractivity contribution in [2.24, 2.45) is 5.92 Å². The van der Waals surface area contributed by atoms with Crippen LogP contribution in [0.15, 0.2) is 24.3 Å². The molecule has 2 heterocycles. The number of ketones is 1. The second kappa shape index (κ2) is 4.15. The molecule has 0 N–H and O–H groups in total. The van der Waals surface area contributed by atoms with E-state index in [0.717, 1.165) is 11.3 Å². The van der Waals surface area contributed by atoms with Gasteiger partial charge in [0.1, 0.15) is 5.60 Å². The molecule has 0 aromatic heterocycles. The van der Waals surface area contributed by atoms with E-state index in [9.17, 15) is 9.59 Å². The summed E-state index contributed by atoms with van der Waals surface area (Å²) in [5.74, 6) is -0.765. The smallest absolute Gasteiger partial charge is 0.343 e. The number of hydrogen-bond acceptors (Lipinski definition) is 5. The standard InChI is InChI=1S/C18H21NO4/c1-16(2,3)23-15(21)18-11-9-17(4,14(18)20)12-7-5-6-8-13(12)19(18)22-10-11/h5-8,11H,9-10H2,1-4H3/t11?,17-,18-/m1/s1. The van der Waals surface area contributed by atoms with Gasteiger partial charge in [-0.25, -0.2) is 9.86 Å². The minimum absolute atomic E-state index is 0.0968. The minimum Gasteiger partial charge on any atom is -0.458 e. The SMILES string of the molecule is CC(C)(C)OC(=O)[C@]12C(=O)[C@]3(C)CC1CON2c1ccccc13. The molecule has 0 amide bonds. The number of para-hydroxylation sites is 1. The number of carbonyl (C=O) groups is 2. The van der Waals surface area contributed by atoms with Crippen LogP contribution in [0, 0.1) is 5.92 Å². The van der Waals surface area contributed by atoms with Crippen LogP contribution in [0.1, 0.15) is 39.7 Å². The van der Waals surface area contributed by atoms with Gasteiger partial charge in [-0.05, 0) is 45.7 Å². The highest BCUT2D eigenvalue weighted by Crippen LogP contribution is 2.60. The number of ether oxygens (including phenoxy) is 1. The molecule has 3 aliphatic rings. The molecule has 1 aliphatic carbocycles. The fraction of sp³-hybridized carbons (Fsp3) is 0.556. The van der Waals surface area contributed by atoms with E-state index in [4.69, 9.17) is 9.57 Å². The van der Waals surface area contributed by atoms with Crippen LogP contribution in [-0.4, -0.2) is 29.5 Å². The molecule has 4 rings (SSSR count). The second-order valence-electron chi connectivity index (χ2n) is 7.94. The quantitative estimate of drug-likeness (QED) is 0.588. The fourth-order valence-electron chi connectivity index (χ4n) is 4.35. The third kappa shape index (κ3) is 1.61. The van der Waals surface area contributed by atoms with Crippen LogP contribution >= 0.6 is 0 Å². The van der Waals surface area contributed by atoms with E-state index in [1.54, 1.807) is 0 Å². The van der Waals surface area contributed by atoms with Crippen LogP contribution in [-0.2, 0) is 24.6 Å². The summed E-state index contributed by atoms with van der Waals surface area (Å²) < 4.78 is 5.63. The number of esters is 1. The van der Waals surface area contributed by atoms with Gasteiger partial charge in [-0.2, -0.15) is 0 Å². The third-order valence-corrected chi connectivity index (χ3v) is 5.25. The summed E-state index contributed by atoms with van der Waals surface area (Å²) >= 11 is 0. The number of fused-ring (bicyclic) bond motifs is 4. The maximum absolute atomic E-state index is 13.4. The van der Waals surface area contributed by atoms with Crippen LogP contribution in [0.4, 0.5) is 5.69 Å². The normalized spacial score (nSPS) is 34.5. The summed E-state index contributed by atoms with van der Waals surface area (Å²) in [7, 11) is 0. The Balaban J connectivity index is 1.92. The topological polar surface area (TPSA) is 55.8 Å². The largest absolute Gasteiger partial charge is 0.458 e. The number of hydroxylamine groups is 1. The predicted octanol–water partition coefficient (Wildman–Crippen LogP) is 2.38. The van der Waals surface area contributed by atoms with Crippen molar-refractivity contribution in [3.05, 3.63) is 29.8 Å². The van der Waals surface area contributed by atoms with E-state index >= 15 is 0 Å². The van der Waals surface area contributed by atoms with Crippen LogP contribution in [0.5, 0.6) is 0 Å². The van der Waals surface area contributed by atoms with E-state index in [2.05, 4.69) is 0 Å². The Kier molecular flexibility index (Phi) is 2.65. The zero-order valence-electron chi connectivity index (χ0n) is 13.9. The van der Waals surface area contributed by atoms with Crippen LogP contribution in [0.25, 0.3) is 0 Å². The number of Topliss-reactive ketones (excluding diaryl/α,β-unsaturated/α-hetero) is 1. The van der Waals surface area contributed by atoms with Gasteiger partial charge in [0.05, 0.1) is 17.7 Å². The Morgan fingerprint density at radius 1 is 1.35 bits per heavy atom. The van der Waals surface area contributed by atoms with E-state index in [-0.39, 0.29) is 11.7 Å². The number of hydrogen-bond donors (Lipinski definition) is 0. The monoisotopic (exact) mass is 315 g/mol. The van der Waals surface area contributed by atoms with Gasteiger partial charge >= 0.3 is 5.97 Å². The summed E-state index contributed by atoms with van der Waals surface area (Å²) in [5.41, 5.74) is -0.899. The number of anilines is 1. The maximum Gasteiger partial charge on any atom is 0.343 e. The highest BCUT2D eigenvalue weighted by atomic mass is 16.7. The van der Waals surface area contributed by atoms with Gasteiger partial charge in [0.15, 0.2) is 5.78 Å². The van der Waals surface area contributed by atoms with Crippen molar-refractivity contribution in [2.75, 3.05) is 11.7 Å². The number of benzene rings is 1. The molecule has 2 bridgehead atoms. The van der Waals surface area contributed by atoms with Gasteiger partial charge in [0.2, 0.25) is 5.54 Å². The van der Waals surface area contributed by atoms with E-state index in [1.807, 2.05) is 52.0 Å². The maximum atomic E-state index is 13.4. The Morgan fingerprint density at radius 2 is 2.04 bits per heavy atom. The Labute approximate surface area is 135 Å². The average molecular weight is 315 g/mol. The highest BCUT2D eigenvalue weighted by Gasteiger charge is 2.75. The van der Waals surface area contributed by atoms with Gasteiger partial charge < -0.3 is 4.74 Å². The average Bonchev–Trinajstić information content (AvgIpc) is 2.89. The molecule has 1 saturated heterocycles. The summed E-state index contributed by atoms with van der Waals surface area (Å²) in [6.07, 6.45) is 0.610. The second-order valence-corrected chi connectivity index (χ2v) is 7.94. The summed E-state index contributed by atoms with van der Waals surface area (Å²) in [6, 6.07) is 7.69. The Hall–Kier alpha value is -1.88. The molecule has 1 aromatic rings. The summed E-state index contributed by atoms with van der Waals surface area (Å²) in [6.45, 7) is 7.75. The number of rotatable bonds is 1. The molecule has 2 aliphatic heterocycles. The van der Waals surface area contributed by atoms with Crippen molar-refractivity contribution in [3.63, 3.8) is 0 Å². The first-order chi connectivity index (χ1) is 10.7. The lowest BCUT2D eigenvalue weighted by Gasteiger charge is -2.42. The van der Waals surface area contributed by atoms with Gasteiger partial charge in [0.25, 0.3) is 0 Å². The molecular weight excluding hydrogens is 294 g/mol. The molecule has 23 heavy (non-hydrogen) atoms. The summed E-state index contributed by atoms with van der Waals surface area (Å²) in [4.78, 5) is 32.2. The van der Waals surface area contributed by atoms with Gasteiger partial charge in [-0.1, -0.05) is 18.2 Å². The molecule has 1 unspecified atom stereocenters. The van der Waals surface area contributed by atoms with Crippen LogP contribution < -0.4 is 5.06 Å². The molecule has 0 spiro atoms. The van der Waals surface area contributed by atoms with E-state index in [0.29, 0.717) is 13.0 Å². The van der Waals surface area contributed by atoms with E-state index < -0.39 is 22.5 Å². The van der Waals surface area contributed by atoms with Crippen molar-refractivity contribution in [3.8, 4) is 0 Å².